The molecule has 0 N–H and O–H groups in total. The van der Waals surface area contributed by atoms with Crippen molar-refractivity contribution >= 4 is 11.8 Å². The summed E-state index contributed by atoms with van der Waals surface area (Å²) in [6.45, 7) is 3.02. The lowest BCUT2D eigenvalue weighted by Gasteiger charge is -2.32. The first-order valence-electron chi connectivity index (χ1n) is 10.7. The zero-order chi connectivity index (χ0) is 20.9. The molecule has 1 atom stereocenters. The number of aromatic nitrogens is 2. The molecule has 0 bridgehead atoms. The second kappa shape index (κ2) is 9.24. The van der Waals surface area contributed by atoms with Crippen LogP contribution in [0.2, 0.25) is 0 Å². The van der Waals surface area contributed by atoms with Gasteiger partial charge in [0.05, 0.1) is 18.2 Å². The summed E-state index contributed by atoms with van der Waals surface area (Å²) in [6.07, 6.45) is 8.52. The van der Waals surface area contributed by atoms with E-state index < -0.39 is 0 Å². The molecule has 0 saturated carbocycles. The normalized spacial score (nSPS) is 19.4. The first kappa shape index (κ1) is 20.3. The SMILES string of the molecule is COc1ccc(C(=O)N2CCC[C@@H](c3ccc(C(=O)N4CCCCC4)cn3)C2)cn1. The zero-order valence-corrected chi connectivity index (χ0v) is 17.4. The Labute approximate surface area is 177 Å². The number of pyridine rings is 2. The predicted molar refractivity (Wildman–Crippen MR) is 113 cm³/mol. The van der Waals surface area contributed by atoms with E-state index in [1.807, 2.05) is 21.9 Å². The lowest BCUT2D eigenvalue weighted by Crippen LogP contribution is -2.39. The first-order chi connectivity index (χ1) is 14.7. The van der Waals surface area contributed by atoms with E-state index in [1.54, 1.807) is 31.6 Å². The Bertz CT molecular complexity index is 876. The van der Waals surface area contributed by atoms with Crippen LogP contribution in [0, 0.1) is 0 Å². The number of nitrogens with zero attached hydrogens (tertiary/aromatic N) is 4. The van der Waals surface area contributed by atoms with Gasteiger partial charge >= 0.3 is 0 Å². The van der Waals surface area contributed by atoms with E-state index in [1.165, 1.54) is 6.42 Å². The highest BCUT2D eigenvalue weighted by Crippen LogP contribution is 2.27. The number of methoxy groups -OCH3 is 1. The molecule has 2 aromatic heterocycles. The van der Waals surface area contributed by atoms with Crippen LogP contribution in [0.25, 0.3) is 0 Å². The fourth-order valence-electron chi connectivity index (χ4n) is 4.27. The van der Waals surface area contributed by atoms with Crippen LogP contribution >= 0.6 is 0 Å². The molecule has 0 radical (unpaired) electrons. The molecule has 2 aromatic rings. The van der Waals surface area contributed by atoms with E-state index in [9.17, 15) is 9.59 Å². The molecule has 2 fully saturated rings. The lowest BCUT2D eigenvalue weighted by molar-refractivity contribution is 0.0704. The van der Waals surface area contributed by atoms with Gasteiger partial charge in [0.15, 0.2) is 0 Å². The second-order valence-corrected chi connectivity index (χ2v) is 8.00. The van der Waals surface area contributed by atoms with Crippen LogP contribution in [0.5, 0.6) is 5.88 Å². The molecule has 4 rings (SSSR count). The quantitative estimate of drug-likeness (QED) is 0.777. The molecule has 30 heavy (non-hydrogen) atoms. The minimum absolute atomic E-state index is 0.0215. The Hall–Kier alpha value is -2.96. The van der Waals surface area contributed by atoms with Crippen molar-refractivity contribution in [2.24, 2.45) is 0 Å². The molecular weight excluding hydrogens is 380 g/mol. The molecule has 2 saturated heterocycles. The maximum absolute atomic E-state index is 12.9. The summed E-state index contributed by atoms with van der Waals surface area (Å²) in [4.78, 5) is 38.0. The fraction of sp³-hybridized carbons (Fsp3) is 0.478. The van der Waals surface area contributed by atoms with Gasteiger partial charge in [-0.2, -0.15) is 0 Å². The summed E-state index contributed by atoms with van der Waals surface area (Å²) < 4.78 is 5.06. The van der Waals surface area contributed by atoms with Gasteiger partial charge in [-0.25, -0.2) is 4.98 Å². The number of amides is 2. The summed E-state index contributed by atoms with van der Waals surface area (Å²) in [5.41, 5.74) is 2.15. The molecule has 0 spiro atoms. The van der Waals surface area contributed by atoms with Crippen molar-refractivity contribution in [2.75, 3.05) is 33.3 Å². The number of ether oxygens (including phenoxy) is 1. The Kier molecular flexibility index (Phi) is 6.26. The largest absolute Gasteiger partial charge is 0.481 e. The molecule has 2 amide bonds. The number of carbonyl (C=O) groups is 2. The highest BCUT2D eigenvalue weighted by Gasteiger charge is 2.27. The Morgan fingerprint density at radius 3 is 2.17 bits per heavy atom. The lowest BCUT2D eigenvalue weighted by atomic mass is 9.93. The molecule has 2 aliphatic rings. The average molecular weight is 409 g/mol. The smallest absolute Gasteiger partial charge is 0.255 e. The standard InChI is InChI=1S/C23H28N4O3/c1-30-21-10-8-18(15-25-21)23(29)27-13-5-6-19(16-27)20-9-7-17(14-24-20)22(28)26-11-3-2-4-12-26/h7-10,14-15,19H,2-6,11-13,16H2,1H3/t19-/m1/s1. The summed E-state index contributed by atoms with van der Waals surface area (Å²) in [5.74, 6) is 0.715. The van der Waals surface area contributed by atoms with E-state index in [2.05, 4.69) is 9.97 Å². The minimum atomic E-state index is -0.0215. The minimum Gasteiger partial charge on any atom is -0.481 e. The molecule has 158 valence electrons. The molecular formula is C23H28N4O3. The third-order valence-corrected chi connectivity index (χ3v) is 6.00. The van der Waals surface area contributed by atoms with E-state index in [0.717, 1.165) is 51.0 Å². The Balaban J connectivity index is 1.41. The Morgan fingerprint density at radius 2 is 1.53 bits per heavy atom. The molecule has 2 aliphatic heterocycles. The third-order valence-electron chi connectivity index (χ3n) is 6.00. The number of carbonyl (C=O) groups excluding carboxylic acids is 2. The van der Waals surface area contributed by atoms with E-state index in [0.29, 0.717) is 23.6 Å². The van der Waals surface area contributed by atoms with Crippen LogP contribution in [-0.4, -0.2) is 64.9 Å². The second-order valence-electron chi connectivity index (χ2n) is 8.00. The van der Waals surface area contributed by atoms with Gasteiger partial charge in [-0.15, -0.1) is 0 Å². The maximum Gasteiger partial charge on any atom is 0.255 e. The predicted octanol–water partition coefficient (Wildman–Crippen LogP) is 3.13. The monoisotopic (exact) mass is 408 g/mol. The Morgan fingerprint density at radius 1 is 0.867 bits per heavy atom. The van der Waals surface area contributed by atoms with Gasteiger partial charge in [-0.1, -0.05) is 0 Å². The number of piperidine rings is 2. The molecule has 7 heteroatoms. The fourth-order valence-corrected chi connectivity index (χ4v) is 4.27. The molecule has 4 heterocycles. The van der Waals surface area contributed by atoms with Crippen LogP contribution in [0.15, 0.2) is 36.7 Å². The van der Waals surface area contributed by atoms with Gasteiger partial charge in [0.2, 0.25) is 5.88 Å². The van der Waals surface area contributed by atoms with Gasteiger partial charge < -0.3 is 14.5 Å². The first-order valence-corrected chi connectivity index (χ1v) is 10.7. The van der Waals surface area contributed by atoms with Crippen LogP contribution in [0.3, 0.4) is 0 Å². The van der Waals surface area contributed by atoms with Crippen LogP contribution in [0.1, 0.15) is 64.4 Å². The van der Waals surface area contributed by atoms with E-state index in [-0.39, 0.29) is 17.7 Å². The van der Waals surface area contributed by atoms with Crippen molar-refractivity contribution < 1.29 is 14.3 Å². The van der Waals surface area contributed by atoms with Crippen molar-refractivity contribution in [1.82, 2.24) is 19.8 Å². The van der Waals surface area contributed by atoms with Gasteiger partial charge in [-0.3, -0.25) is 14.6 Å². The van der Waals surface area contributed by atoms with Crippen LogP contribution in [0.4, 0.5) is 0 Å². The molecule has 0 aliphatic carbocycles. The van der Waals surface area contributed by atoms with Crippen molar-refractivity contribution in [1.29, 1.82) is 0 Å². The van der Waals surface area contributed by atoms with Crippen molar-refractivity contribution in [3.8, 4) is 5.88 Å². The van der Waals surface area contributed by atoms with Crippen molar-refractivity contribution in [3.63, 3.8) is 0 Å². The van der Waals surface area contributed by atoms with E-state index in [4.69, 9.17) is 4.74 Å². The van der Waals surface area contributed by atoms with E-state index >= 15 is 0 Å². The molecule has 7 nitrogen and oxygen atoms in total. The number of hydrogen-bond acceptors (Lipinski definition) is 5. The number of rotatable bonds is 4. The summed E-state index contributed by atoms with van der Waals surface area (Å²) in [5, 5.41) is 0. The van der Waals surface area contributed by atoms with Crippen LogP contribution in [-0.2, 0) is 0 Å². The van der Waals surface area contributed by atoms with Crippen LogP contribution < -0.4 is 4.74 Å². The van der Waals surface area contributed by atoms with Gasteiger partial charge in [0.1, 0.15) is 0 Å². The zero-order valence-electron chi connectivity index (χ0n) is 17.4. The number of likely N-dealkylation sites (tertiary alicyclic amines) is 2. The summed E-state index contributed by atoms with van der Waals surface area (Å²) in [7, 11) is 1.55. The van der Waals surface area contributed by atoms with Gasteiger partial charge in [-0.05, 0) is 50.3 Å². The van der Waals surface area contributed by atoms with Crippen molar-refractivity contribution in [3.05, 3.63) is 53.5 Å². The van der Waals surface area contributed by atoms with Gasteiger partial charge in [0.25, 0.3) is 11.8 Å². The molecule has 0 unspecified atom stereocenters. The third kappa shape index (κ3) is 4.45. The highest BCUT2D eigenvalue weighted by molar-refractivity contribution is 5.94. The molecule has 0 aromatic carbocycles. The number of hydrogen-bond donors (Lipinski definition) is 0. The average Bonchev–Trinajstić information content (AvgIpc) is 2.84. The highest BCUT2D eigenvalue weighted by atomic mass is 16.5. The summed E-state index contributed by atoms with van der Waals surface area (Å²) >= 11 is 0. The summed E-state index contributed by atoms with van der Waals surface area (Å²) in [6, 6.07) is 7.28. The maximum atomic E-state index is 12.9. The van der Waals surface area contributed by atoms with Gasteiger partial charge in [0, 0.05) is 56.3 Å². The topological polar surface area (TPSA) is 75.6 Å². The van der Waals surface area contributed by atoms with Crippen molar-refractivity contribution in [2.45, 2.75) is 38.0 Å².